The summed E-state index contributed by atoms with van der Waals surface area (Å²) < 4.78 is 0. The number of benzene rings is 1. The molecule has 0 aliphatic carbocycles. The minimum Gasteiger partial charge on any atom is -0.300 e. The Morgan fingerprint density at radius 1 is 1.44 bits per heavy atom. The lowest BCUT2D eigenvalue weighted by atomic mass is 9.89. The van der Waals surface area contributed by atoms with Crippen LogP contribution in [-0.2, 0) is 4.79 Å². The predicted octanol–water partition coefficient (Wildman–Crippen LogP) is 2.78. The molecular formula is C19H25N3O3. The Hall–Kier alpha value is -2.05. The monoisotopic (exact) mass is 343 g/mol. The van der Waals surface area contributed by atoms with Gasteiger partial charge >= 0.3 is 0 Å². The zero-order valence-corrected chi connectivity index (χ0v) is 14.6. The lowest BCUT2D eigenvalue weighted by molar-refractivity contribution is -0.384. The van der Waals surface area contributed by atoms with E-state index >= 15 is 0 Å². The molecule has 6 heteroatoms. The molecule has 2 fully saturated rings. The Balaban J connectivity index is 1.60. The van der Waals surface area contributed by atoms with E-state index in [1.165, 1.54) is 12.1 Å². The summed E-state index contributed by atoms with van der Waals surface area (Å²) in [5.41, 5.74) is 0.702. The number of ketones is 1. The highest BCUT2D eigenvalue weighted by Crippen LogP contribution is 2.31. The number of fused-ring (bicyclic) bond motifs is 2. The van der Waals surface area contributed by atoms with E-state index < -0.39 is 4.92 Å². The minimum atomic E-state index is -0.392. The fraction of sp³-hybridized carbons (Fsp3) is 0.526. The molecule has 2 heterocycles. The molecule has 134 valence electrons. The maximum Gasteiger partial charge on any atom is 0.269 e. The summed E-state index contributed by atoms with van der Waals surface area (Å²) in [6.07, 6.45) is 7.61. The number of carbonyl (C=O) groups excluding carboxylic acids is 1. The normalized spacial score (nSPS) is 26.2. The third-order valence-corrected chi connectivity index (χ3v) is 5.16. The van der Waals surface area contributed by atoms with Crippen LogP contribution in [0.25, 0.3) is 6.08 Å². The Bertz CT molecular complexity index is 671. The standard InChI is InChI=1S/C19H25N3O3/c1-2-4-18(23)19-11-10-16(20-19)13-21(14-19)12-3-5-15-6-8-17(9-7-15)22(24)25/h3,5-9,16,20H,2,4,10-14H2,1H3. The van der Waals surface area contributed by atoms with Gasteiger partial charge in [0.1, 0.15) is 0 Å². The van der Waals surface area contributed by atoms with E-state index in [0.29, 0.717) is 18.2 Å². The molecule has 1 aromatic rings. The third-order valence-electron chi connectivity index (χ3n) is 5.16. The maximum absolute atomic E-state index is 12.5. The maximum atomic E-state index is 12.5. The van der Waals surface area contributed by atoms with Gasteiger partial charge < -0.3 is 0 Å². The Labute approximate surface area is 148 Å². The van der Waals surface area contributed by atoms with Crippen molar-refractivity contribution >= 4 is 17.5 Å². The zero-order valence-electron chi connectivity index (χ0n) is 14.6. The first kappa shape index (κ1) is 17.8. The van der Waals surface area contributed by atoms with Crippen LogP contribution in [0.4, 0.5) is 5.69 Å². The van der Waals surface area contributed by atoms with Gasteiger partial charge in [0.15, 0.2) is 5.78 Å². The summed E-state index contributed by atoms with van der Waals surface area (Å²) in [6, 6.07) is 6.94. The van der Waals surface area contributed by atoms with Crippen LogP contribution < -0.4 is 5.32 Å². The fourth-order valence-corrected chi connectivity index (χ4v) is 3.93. The number of hydrogen-bond acceptors (Lipinski definition) is 5. The number of hydrogen-bond donors (Lipinski definition) is 1. The van der Waals surface area contributed by atoms with Crippen molar-refractivity contribution in [1.29, 1.82) is 0 Å². The van der Waals surface area contributed by atoms with Crippen LogP contribution in [0.3, 0.4) is 0 Å². The molecule has 3 rings (SSSR count). The topological polar surface area (TPSA) is 75.5 Å². The number of piperazine rings is 1. The van der Waals surface area contributed by atoms with Crippen molar-refractivity contribution in [1.82, 2.24) is 10.2 Å². The van der Waals surface area contributed by atoms with Gasteiger partial charge in [-0.05, 0) is 37.0 Å². The van der Waals surface area contributed by atoms with Crippen LogP contribution >= 0.6 is 0 Å². The molecule has 2 aliphatic heterocycles. The van der Waals surface area contributed by atoms with E-state index in [1.807, 2.05) is 6.08 Å². The number of Topliss-reactive ketones (excluding diaryl/α,β-unsaturated/α-hetero) is 1. The number of rotatable bonds is 7. The summed E-state index contributed by atoms with van der Waals surface area (Å²) in [5.74, 6) is 0.349. The number of carbonyl (C=O) groups is 1. The molecule has 1 N–H and O–H groups in total. The van der Waals surface area contributed by atoms with E-state index in [4.69, 9.17) is 0 Å². The molecule has 2 bridgehead atoms. The van der Waals surface area contributed by atoms with Gasteiger partial charge in [-0.15, -0.1) is 0 Å². The second-order valence-corrected chi connectivity index (χ2v) is 7.08. The lowest BCUT2D eigenvalue weighted by Crippen LogP contribution is -2.63. The molecule has 2 atom stereocenters. The van der Waals surface area contributed by atoms with Gasteiger partial charge in [0.2, 0.25) is 0 Å². The third kappa shape index (κ3) is 3.96. The molecule has 25 heavy (non-hydrogen) atoms. The predicted molar refractivity (Wildman–Crippen MR) is 97.4 cm³/mol. The molecule has 0 saturated carbocycles. The van der Waals surface area contributed by atoms with E-state index in [1.54, 1.807) is 12.1 Å². The van der Waals surface area contributed by atoms with Gasteiger partial charge in [-0.25, -0.2) is 0 Å². The highest BCUT2D eigenvalue weighted by atomic mass is 16.6. The smallest absolute Gasteiger partial charge is 0.269 e. The highest BCUT2D eigenvalue weighted by Gasteiger charge is 2.48. The van der Waals surface area contributed by atoms with Crippen LogP contribution in [-0.4, -0.2) is 46.8 Å². The molecule has 2 saturated heterocycles. The van der Waals surface area contributed by atoms with Gasteiger partial charge in [-0.2, -0.15) is 0 Å². The Morgan fingerprint density at radius 3 is 2.88 bits per heavy atom. The molecule has 0 radical (unpaired) electrons. The summed E-state index contributed by atoms with van der Waals surface area (Å²) in [4.78, 5) is 25.2. The average Bonchev–Trinajstić information content (AvgIpc) is 2.91. The summed E-state index contributed by atoms with van der Waals surface area (Å²) >= 11 is 0. The summed E-state index contributed by atoms with van der Waals surface area (Å²) in [7, 11) is 0. The molecule has 6 nitrogen and oxygen atoms in total. The van der Waals surface area contributed by atoms with Gasteiger partial charge in [0, 0.05) is 44.2 Å². The quantitative estimate of drug-likeness (QED) is 0.608. The average molecular weight is 343 g/mol. The largest absolute Gasteiger partial charge is 0.300 e. The molecule has 2 aliphatic rings. The number of nitro benzene ring substituents is 1. The molecule has 1 aromatic carbocycles. The first-order valence-corrected chi connectivity index (χ1v) is 8.97. The zero-order chi connectivity index (χ0) is 17.9. The van der Waals surface area contributed by atoms with Crippen molar-refractivity contribution in [3.63, 3.8) is 0 Å². The minimum absolute atomic E-state index is 0.104. The van der Waals surface area contributed by atoms with Crippen LogP contribution in [0, 0.1) is 10.1 Å². The van der Waals surface area contributed by atoms with E-state index in [9.17, 15) is 14.9 Å². The van der Waals surface area contributed by atoms with Crippen molar-refractivity contribution in [2.24, 2.45) is 0 Å². The highest BCUT2D eigenvalue weighted by molar-refractivity contribution is 5.89. The summed E-state index contributed by atoms with van der Waals surface area (Å²) in [6.45, 7) is 4.57. The van der Waals surface area contributed by atoms with Crippen LogP contribution in [0.1, 0.15) is 38.2 Å². The van der Waals surface area contributed by atoms with Crippen molar-refractivity contribution in [3.8, 4) is 0 Å². The van der Waals surface area contributed by atoms with Crippen molar-refractivity contribution in [3.05, 3.63) is 46.0 Å². The van der Waals surface area contributed by atoms with Gasteiger partial charge in [0.05, 0.1) is 10.5 Å². The van der Waals surface area contributed by atoms with Crippen molar-refractivity contribution in [2.75, 3.05) is 19.6 Å². The Morgan fingerprint density at radius 2 is 2.20 bits per heavy atom. The van der Waals surface area contributed by atoms with Crippen LogP contribution in [0.5, 0.6) is 0 Å². The number of non-ortho nitro benzene ring substituents is 1. The second kappa shape index (κ2) is 7.45. The lowest BCUT2D eigenvalue weighted by Gasteiger charge is -2.40. The van der Waals surface area contributed by atoms with E-state index in [2.05, 4.69) is 23.2 Å². The Kier molecular flexibility index (Phi) is 5.30. The number of nitrogens with zero attached hydrogens (tertiary/aromatic N) is 2. The molecule has 0 aromatic heterocycles. The van der Waals surface area contributed by atoms with E-state index in [-0.39, 0.29) is 11.2 Å². The molecule has 2 unspecified atom stereocenters. The van der Waals surface area contributed by atoms with Crippen LogP contribution in [0.2, 0.25) is 0 Å². The first-order chi connectivity index (χ1) is 12.0. The molecule has 0 amide bonds. The molecule has 0 spiro atoms. The SMILES string of the molecule is CCCC(=O)C12CCC(CN(CC=Cc3ccc([N+](=O)[O-])cc3)C1)N2. The van der Waals surface area contributed by atoms with E-state index in [0.717, 1.165) is 44.5 Å². The number of nitro groups is 1. The van der Waals surface area contributed by atoms with Crippen molar-refractivity contribution < 1.29 is 9.72 Å². The van der Waals surface area contributed by atoms with Crippen LogP contribution in [0.15, 0.2) is 30.3 Å². The molecular weight excluding hydrogens is 318 g/mol. The van der Waals surface area contributed by atoms with Crippen molar-refractivity contribution in [2.45, 2.75) is 44.2 Å². The summed E-state index contributed by atoms with van der Waals surface area (Å²) in [5, 5.41) is 14.2. The number of nitrogens with one attached hydrogen (secondary N) is 1. The van der Waals surface area contributed by atoms with Gasteiger partial charge in [-0.3, -0.25) is 25.1 Å². The first-order valence-electron chi connectivity index (χ1n) is 8.97. The number of likely N-dealkylation sites (tertiary alicyclic amines) is 1. The van der Waals surface area contributed by atoms with Gasteiger partial charge in [-0.1, -0.05) is 19.1 Å². The fourth-order valence-electron chi connectivity index (χ4n) is 3.93. The second-order valence-electron chi connectivity index (χ2n) is 7.08. The van der Waals surface area contributed by atoms with Gasteiger partial charge in [0.25, 0.3) is 5.69 Å².